The van der Waals surface area contributed by atoms with E-state index >= 15 is 0 Å². The Labute approximate surface area is 146 Å². The molecular weight excluding hydrogens is 322 g/mol. The summed E-state index contributed by atoms with van der Waals surface area (Å²) < 4.78 is 1.62. The summed E-state index contributed by atoms with van der Waals surface area (Å²) in [5.74, 6) is 2.77. The van der Waals surface area contributed by atoms with Gasteiger partial charge in [-0.3, -0.25) is 4.79 Å². The molecule has 1 aromatic heterocycles. The van der Waals surface area contributed by atoms with Gasteiger partial charge in [0.2, 0.25) is 11.1 Å². The number of carbonyl (C=O) groups excluding carboxylic acids is 1. The summed E-state index contributed by atoms with van der Waals surface area (Å²) in [5, 5.41) is 15.2. The fourth-order valence-electron chi connectivity index (χ4n) is 2.22. The second kappa shape index (κ2) is 7.97. The Bertz CT molecular complexity index is 728. The number of carbonyl (C=O) groups is 1. The molecule has 0 aliphatic rings. The lowest BCUT2D eigenvalue weighted by molar-refractivity contribution is -0.119. The number of tetrazole rings is 1. The van der Waals surface area contributed by atoms with Crippen molar-refractivity contribution in [3.63, 3.8) is 0 Å². The van der Waals surface area contributed by atoms with Gasteiger partial charge in [-0.05, 0) is 42.3 Å². The highest BCUT2D eigenvalue weighted by Crippen LogP contribution is 2.19. The predicted octanol–water partition coefficient (Wildman–Crippen LogP) is 2.37. The van der Waals surface area contributed by atoms with E-state index in [9.17, 15) is 4.79 Å². The van der Waals surface area contributed by atoms with E-state index < -0.39 is 5.54 Å². The van der Waals surface area contributed by atoms with Gasteiger partial charge in [0, 0.05) is 0 Å². The van der Waals surface area contributed by atoms with E-state index in [1.165, 1.54) is 11.8 Å². The average molecular weight is 343 g/mol. The topological polar surface area (TPSA) is 72.7 Å². The number of aryl methyl sites for hydroxylation is 1. The van der Waals surface area contributed by atoms with Crippen LogP contribution in [0, 0.1) is 19.3 Å². The Morgan fingerprint density at radius 1 is 1.33 bits per heavy atom. The van der Waals surface area contributed by atoms with Gasteiger partial charge in [-0.25, -0.2) is 0 Å². The highest BCUT2D eigenvalue weighted by atomic mass is 32.2. The first-order chi connectivity index (χ1) is 11.5. The highest BCUT2D eigenvalue weighted by Gasteiger charge is 2.25. The van der Waals surface area contributed by atoms with E-state index in [2.05, 4.69) is 26.8 Å². The van der Waals surface area contributed by atoms with Crippen LogP contribution in [0.2, 0.25) is 0 Å². The maximum absolute atomic E-state index is 12.2. The fraction of sp³-hybridized carbons (Fsp3) is 0.412. The van der Waals surface area contributed by atoms with Crippen molar-refractivity contribution in [1.29, 1.82) is 0 Å². The molecule has 2 aromatic rings. The van der Waals surface area contributed by atoms with Crippen molar-refractivity contribution < 1.29 is 4.79 Å². The maximum atomic E-state index is 12.2. The quantitative estimate of drug-likeness (QED) is 0.617. The number of amides is 1. The summed E-state index contributed by atoms with van der Waals surface area (Å²) >= 11 is 1.28. The third-order valence-electron chi connectivity index (χ3n) is 3.91. The minimum absolute atomic E-state index is 0.125. The number of nitrogens with one attached hydrogen (secondary N) is 1. The van der Waals surface area contributed by atoms with Crippen molar-refractivity contribution in [2.45, 2.75) is 44.3 Å². The van der Waals surface area contributed by atoms with Crippen molar-refractivity contribution in [3.8, 4) is 18.0 Å². The number of thioether (sulfide) groups is 1. The molecule has 1 heterocycles. The molecule has 7 heteroatoms. The summed E-state index contributed by atoms with van der Waals surface area (Å²) in [6.45, 7) is 5.95. The predicted molar refractivity (Wildman–Crippen MR) is 94.9 cm³/mol. The Morgan fingerprint density at radius 2 is 2.00 bits per heavy atom. The first-order valence-electron chi connectivity index (χ1n) is 7.80. The molecule has 126 valence electrons. The van der Waals surface area contributed by atoms with E-state index in [1.807, 2.05) is 45.0 Å². The average Bonchev–Trinajstić information content (AvgIpc) is 3.07. The van der Waals surface area contributed by atoms with Crippen LogP contribution in [0.3, 0.4) is 0 Å². The van der Waals surface area contributed by atoms with Crippen molar-refractivity contribution >= 4 is 17.7 Å². The van der Waals surface area contributed by atoms with Crippen molar-refractivity contribution in [3.05, 3.63) is 29.8 Å². The zero-order valence-electron chi connectivity index (χ0n) is 14.1. The summed E-state index contributed by atoms with van der Waals surface area (Å²) in [5.41, 5.74) is 1.43. The second-order valence-electron chi connectivity index (χ2n) is 5.48. The molecule has 0 atom stereocenters. The molecule has 24 heavy (non-hydrogen) atoms. The van der Waals surface area contributed by atoms with E-state index in [4.69, 9.17) is 6.42 Å². The lowest BCUT2D eigenvalue weighted by Gasteiger charge is -2.26. The number of hydrogen-bond acceptors (Lipinski definition) is 5. The number of terminal acetylenes is 1. The van der Waals surface area contributed by atoms with Gasteiger partial charge in [-0.1, -0.05) is 49.2 Å². The fourth-order valence-corrected chi connectivity index (χ4v) is 2.91. The van der Waals surface area contributed by atoms with Crippen LogP contribution in [-0.2, 0) is 4.79 Å². The number of aromatic nitrogens is 4. The molecule has 0 saturated heterocycles. The molecular formula is C17H21N5OS. The Balaban J connectivity index is 2.03. The van der Waals surface area contributed by atoms with Crippen molar-refractivity contribution in [2.75, 3.05) is 5.75 Å². The van der Waals surface area contributed by atoms with E-state index in [0.29, 0.717) is 18.0 Å². The van der Waals surface area contributed by atoms with Gasteiger partial charge >= 0.3 is 0 Å². The Hall–Kier alpha value is -2.33. The minimum atomic E-state index is -0.583. The maximum Gasteiger partial charge on any atom is 0.231 e. The molecule has 0 fully saturated rings. The molecule has 0 aliphatic carbocycles. The second-order valence-corrected chi connectivity index (χ2v) is 6.42. The van der Waals surface area contributed by atoms with E-state index in [-0.39, 0.29) is 11.7 Å². The molecule has 0 spiro atoms. The van der Waals surface area contributed by atoms with Crippen LogP contribution in [0.5, 0.6) is 0 Å². The van der Waals surface area contributed by atoms with Gasteiger partial charge in [0.25, 0.3) is 0 Å². The molecule has 1 amide bonds. The van der Waals surface area contributed by atoms with Crippen molar-refractivity contribution in [1.82, 2.24) is 25.5 Å². The highest BCUT2D eigenvalue weighted by molar-refractivity contribution is 7.99. The SMILES string of the molecule is C#CC(CC)(CC)NC(=O)CSc1nnnn1-c1ccc(C)cc1. The van der Waals surface area contributed by atoms with Crippen molar-refractivity contribution in [2.24, 2.45) is 0 Å². The number of hydrogen-bond donors (Lipinski definition) is 1. The summed E-state index contributed by atoms with van der Waals surface area (Å²) in [6.07, 6.45) is 6.96. The van der Waals surface area contributed by atoms with Crippen LogP contribution >= 0.6 is 11.8 Å². The van der Waals surface area contributed by atoms with Gasteiger partial charge in [0.15, 0.2) is 0 Å². The van der Waals surface area contributed by atoms with E-state index in [0.717, 1.165) is 11.3 Å². The monoisotopic (exact) mass is 343 g/mol. The molecule has 2 rings (SSSR count). The van der Waals surface area contributed by atoms with E-state index in [1.54, 1.807) is 4.68 Å². The smallest absolute Gasteiger partial charge is 0.231 e. The molecule has 0 unspecified atom stereocenters. The lowest BCUT2D eigenvalue weighted by atomic mass is 9.94. The first kappa shape index (κ1) is 18.0. The summed E-state index contributed by atoms with van der Waals surface area (Å²) in [6, 6.07) is 7.85. The largest absolute Gasteiger partial charge is 0.339 e. The van der Waals surface area contributed by atoms with Gasteiger partial charge in [0.1, 0.15) is 5.54 Å². The first-order valence-corrected chi connectivity index (χ1v) is 8.79. The van der Waals surface area contributed by atoms with Crippen LogP contribution in [0.1, 0.15) is 32.3 Å². The Kier molecular flexibility index (Phi) is 5.99. The van der Waals surface area contributed by atoms with Crippen LogP contribution in [0.15, 0.2) is 29.4 Å². The normalized spacial score (nSPS) is 11.1. The van der Waals surface area contributed by atoms with Gasteiger partial charge in [-0.2, -0.15) is 4.68 Å². The van der Waals surface area contributed by atoms with Gasteiger partial charge in [0.05, 0.1) is 11.4 Å². The van der Waals surface area contributed by atoms with Gasteiger partial charge < -0.3 is 5.32 Å². The molecule has 1 N–H and O–H groups in total. The zero-order valence-corrected chi connectivity index (χ0v) is 14.9. The molecule has 1 aromatic carbocycles. The molecule has 0 bridgehead atoms. The van der Waals surface area contributed by atoms with Crippen LogP contribution in [0.25, 0.3) is 5.69 Å². The third kappa shape index (κ3) is 4.15. The number of benzene rings is 1. The van der Waals surface area contributed by atoms with Crippen LogP contribution in [0.4, 0.5) is 0 Å². The Morgan fingerprint density at radius 3 is 2.58 bits per heavy atom. The van der Waals surface area contributed by atoms with Crippen LogP contribution in [-0.4, -0.2) is 37.4 Å². The minimum Gasteiger partial charge on any atom is -0.339 e. The molecule has 6 nitrogen and oxygen atoms in total. The molecule has 0 aliphatic heterocycles. The number of nitrogens with zero attached hydrogens (tertiary/aromatic N) is 4. The molecule has 0 radical (unpaired) electrons. The summed E-state index contributed by atoms with van der Waals surface area (Å²) in [4.78, 5) is 12.2. The van der Waals surface area contributed by atoms with Crippen LogP contribution < -0.4 is 5.32 Å². The number of rotatable bonds is 7. The van der Waals surface area contributed by atoms with Gasteiger partial charge in [-0.15, -0.1) is 11.5 Å². The third-order valence-corrected chi connectivity index (χ3v) is 4.83. The standard InChI is InChI=1S/C17H21N5OS/c1-5-17(6-2,7-3)18-15(23)12-24-16-19-20-21-22(16)14-10-8-13(4)9-11-14/h1,8-11H,6-7,12H2,2-4H3,(H,18,23). The zero-order chi connectivity index (χ0) is 17.6. The lowest BCUT2D eigenvalue weighted by Crippen LogP contribution is -2.47. The summed E-state index contributed by atoms with van der Waals surface area (Å²) in [7, 11) is 0. The molecule has 0 saturated carbocycles.